The molecule has 0 aromatic heterocycles. The highest BCUT2D eigenvalue weighted by Gasteiger charge is 2.17. The van der Waals surface area contributed by atoms with Crippen molar-refractivity contribution in [2.24, 2.45) is 0 Å². The number of carbonyl (C=O) groups is 1. The van der Waals surface area contributed by atoms with Crippen LogP contribution in [0.15, 0.2) is 29.8 Å². The largest absolute Gasteiger partial charge is 0.497 e. The Bertz CT molecular complexity index is 552. The smallest absolute Gasteiger partial charge is 0.262 e. The van der Waals surface area contributed by atoms with Gasteiger partial charge < -0.3 is 14.8 Å². The van der Waals surface area contributed by atoms with Crippen molar-refractivity contribution in [1.82, 2.24) is 5.32 Å². The molecule has 1 heterocycles. The fraction of sp³-hybridized carbons (Fsp3) is 0.375. The SMILES string of the molecule is COc1ccc(/C=C(/C#N)C(=O)NC[C@@H]2CCCO2)cc1. The normalized spacial score (nSPS) is 18.1. The van der Waals surface area contributed by atoms with Gasteiger partial charge in [0, 0.05) is 13.2 Å². The van der Waals surface area contributed by atoms with E-state index in [0.29, 0.717) is 6.54 Å². The lowest BCUT2D eigenvalue weighted by Gasteiger charge is -2.10. The quantitative estimate of drug-likeness (QED) is 0.663. The van der Waals surface area contributed by atoms with Gasteiger partial charge in [0.15, 0.2) is 0 Å². The van der Waals surface area contributed by atoms with Gasteiger partial charge in [0.25, 0.3) is 5.91 Å². The van der Waals surface area contributed by atoms with Crippen LogP contribution in [0.3, 0.4) is 0 Å². The molecule has 1 aromatic rings. The van der Waals surface area contributed by atoms with Crippen LogP contribution >= 0.6 is 0 Å². The Morgan fingerprint density at radius 1 is 1.52 bits per heavy atom. The molecule has 0 spiro atoms. The molecule has 0 saturated carbocycles. The summed E-state index contributed by atoms with van der Waals surface area (Å²) in [5.41, 5.74) is 0.859. The van der Waals surface area contributed by atoms with Crippen molar-refractivity contribution in [3.8, 4) is 11.8 Å². The summed E-state index contributed by atoms with van der Waals surface area (Å²) in [6.45, 7) is 1.19. The Balaban J connectivity index is 1.98. The highest BCUT2D eigenvalue weighted by Crippen LogP contribution is 2.14. The van der Waals surface area contributed by atoms with Crippen molar-refractivity contribution in [3.05, 3.63) is 35.4 Å². The second-order valence-corrected chi connectivity index (χ2v) is 4.79. The minimum absolute atomic E-state index is 0.0647. The standard InChI is InChI=1S/C16H18N2O3/c1-20-14-6-4-12(5-7-14)9-13(10-17)16(19)18-11-15-3-2-8-21-15/h4-7,9,15H,2-3,8,11H2,1H3,(H,18,19)/b13-9-/t15-/m0/s1. The van der Waals surface area contributed by atoms with Crippen LogP contribution in [0.1, 0.15) is 18.4 Å². The molecular weight excluding hydrogens is 268 g/mol. The zero-order valence-corrected chi connectivity index (χ0v) is 12.0. The van der Waals surface area contributed by atoms with Crippen molar-refractivity contribution < 1.29 is 14.3 Å². The van der Waals surface area contributed by atoms with E-state index in [2.05, 4.69) is 5.32 Å². The molecule has 2 rings (SSSR count). The second-order valence-electron chi connectivity index (χ2n) is 4.79. The van der Waals surface area contributed by atoms with Crippen LogP contribution < -0.4 is 10.1 Å². The maximum atomic E-state index is 12.0. The fourth-order valence-corrected chi connectivity index (χ4v) is 2.12. The molecule has 5 nitrogen and oxygen atoms in total. The molecule has 1 N–H and O–H groups in total. The Hall–Kier alpha value is -2.32. The predicted octanol–water partition coefficient (Wildman–Crippen LogP) is 1.90. The molecule has 0 unspecified atom stereocenters. The number of ether oxygens (including phenoxy) is 2. The van der Waals surface area contributed by atoms with Crippen LogP contribution in [0.4, 0.5) is 0 Å². The predicted molar refractivity (Wildman–Crippen MR) is 78.6 cm³/mol. The number of hydrogen-bond donors (Lipinski definition) is 1. The minimum atomic E-state index is -0.371. The van der Waals surface area contributed by atoms with Gasteiger partial charge in [-0.3, -0.25) is 4.79 Å². The summed E-state index contributed by atoms with van der Waals surface area (Å²) in [6.07, 6.45) is 3.59. The summed E-state index contributed by atoms with van der Waals surface area (Å²) < 4.78 is 10.5. The van der Waals surface area contributed by atoms with Crippen LogP contribution in [0.5, 0.6) is 5.75 Å². The molecule has 1 saturated heterocycles. The van der Waals surface area contributed by atoms with Gasteiger partial charge in [-0.05, 0) is 36.6 Å². The van der Waals surface area contributed by atoms with Crippen LogP contribution in [0, 0.1) is 11.3 Å². The lowest BCUT2D eigenvalue weighted by atomic mass is 10.1. The average Bonchev–Trinajstić information content (AvgIpc) is 3.04. The van der Waals surface area contributed by atoms with Gasteiger partial charge in [-0.2, -0.15) is 5.26 Å². The van der Waals surface area contributed by atoms with Crippen LogP contribution in [0.25, 0.3) is 6.08 Å². The zero-order chi connectivity index (χ0) is 15.1. The Morgan fingerprint density at radius 2 is 2.29 bits per heavy atom. The number of methoxy groups -OCH3 is 1. The first-order valence-corrected chi connectivity index (χ1v) is 6.88. The first kappa shape index (κ1) is 15.1. The topological polar surface area (TPSA) is 71.3 Å². The van der Waals surface area contributed by atoms with Crippen molar-refractivity contribution in [2.75, 3.05) is 20.3 Å². The first-order valence-electron chi connectivity index (χ1n) is 6.88. The molecule has 1 atom stereocenters. The molecule has 1 aliphatic heterocycles. The lowest BCUT2D eigenvalue weighted by molar-refractivity contribution is -0.117. The van der Waals surface area contributed by atoms with Crippen molar-refractivity contribution in [1.29, 1.82) is 5.26 Å². The minimum Gasteiger partial charge on any atom is -0.497 e. The number of rotatable bonds is 5. The average molecular weight is 286 g/mol. The highest BCUT2D eigenvalue weighted by molar-refractivity contribution is 6.01. The first-order chi connectivity index (χ1) is 10.2. The molecule has 0 bridgehead atoms. The molecule has 1 aliphatic rings. The van der Waals surface area contributed by atoms with Gasteiger partial charge in [-0.1, -0.05) is 12.1 Å². The monoisotopic (exact) mass is 286 g/mol. The summed E-state index contributed by atoms with van der Waals surface area (Å²) in [6, 6.07) is 9.09. The lowest BCUT2D eigenvalue weighted by Crippen LogP contribution is -2.32. The van der Waals surface area contributed by atoms with Gasteiger partial charge in [-0.25, -0.2) is 0 Å². The van der Waals surface area contributed by atoms with Gasteiger partial charge in [0.2, 0.25) is 0 Å². The maximum absolute atomic E-state index is 12.0. The van der Waals surface area contributed by atoms with Gasteiger partial charge in [0.05, 0.1) is 13.2 Å². The van der Waals surface area contributed by atoms with Crippen molar-refractivity contribution in [3.63, 3.8) is 0 Å². The summed E-state index contributed by atoms with van der Waals surface area (Å²) in [4.78, 5) is 12.0. The Morgan fingerprint density at radius 3 is 2.86 bits per heavy atom. The van der Waals surface area contributed by atoms with Gasteiger partial charge >= 0.3 is 0 Å². The van der Waals surface area contributed by atoms with E-state index in [1.165, 1.54) is 0 Å². The molecule has 0 radical (unpaired) electrons. The number of hydrogen-bond acceptors (Lipinski definition) is 4. The Kier molecular flexibility index (Phi) is 5.35. The van der Waals surface area contributed by atoms with E-state index in [9.17, 15) is 4.79 Å². The molecule has 0 aliphatic carbocycles. The van der Waals surface area contributed by atoms with E-state index in [0.717, 1.165) is 30.8 Å². The van der Waals surface area contributed by atoms with Crippen molar-refractivity contribution >= 4 is 12.0 Å². The zero-order valence-electron chi connectivity index (χ0n) is 12.0. The second kappa shape index (κ2) is 7.46. The van der Waals surface area contributed by atoms with Crippen LogP contribution in [-0.2, 0) is 9.53 Å². The van der Waals surface area contributed by atoms with E-state index >= 15 is 0 Å². The molecule has 1 fully saturated rings. The van der Waals surface area contributed by atoms with Gasteiger partial charge in [-0.15, -0.1) is 0 Å². The van der Waals surface area contributed by atoms with Gasteiger partial charge in [0.1, 0.15) is 17.4 Å². The van der Waals surface area contributed by atoms with Crippen molar-refractivity contribution in [2.45, 2.75) is 18.9 Å². The fourth-order valence-electron chi connectivity index (χ4n) is 2.12. The number of nitriles is 1. The molecule has 1 aromatic carbocycles. The molecule has 110 valence electrons. The summed E-state index contributed by atoms with van der Waals surface area (Å²) in [5.74, 6) is 0.359. The summed E-state index contributed by atoms with van der Waals surface area (Å²) in [7, 11) is 1.59. The number of benzene rings is 1. The van der Waals surface area contributed by atoms with E-state index in [-0.39, 0.29) is 17.6 Å². The number of nitrogens with one attached hydrogen (secondary N) is 1. The maximum Gasteiger partial charge on any atom is 0.262 e. The third kappa shape index (κ3) is 4.33. The highest BCUT2D eigenvalue weighted by atomic mass is 16.5. The summed E-state index contributed by atoms with van der Waals surface area (Å²) >= 11 is 0. The molecule has 5 heteroatoms. The van der Waals surface area contributed by atoms with E-state index in [1.807, 2.05) is 6.07 Å². The molecule has 1 amide bonds. The summed E-state index contributed by atoms with van der Waals surface area (Å²) in [5, 5.41) is 11.9. The third-order valence-corrected chi connectivity index (χ3v) is 3.31. The molecule has 21 heavy (non-hydrogen) atoms. The van der Waals surface area contributed by atoms with E-state index in [4.69, 9.17) is 14.7 Å². The number of amides is 1. The number of carbonyl (C=O) groups excluding carboxylic acids is 1. The Labute approximate surface area is 124 Å². The third-order valence-electron chi connectivity index (χ3n) is 3.31. The number of nitrogens with zero attached hydrogens (tertiary/aromatic N) is 1. The van der Waals surface area contributed by atoms with Crippen LogP contribution in [0.2, 0.25) is 0 Å². The van der Waals surface area contributed by atoms with Crippen LogP contribution in [-0.4, -0.2) is 32.3 Å². The van der Waals surface area contributed by atoms with E-state index < -0.39 is 0 Å². The molecular formula is C16H18N2O3. The van der Waals surface area contributed by atoms with E-state index in [1.54, 1.807) is 37.5 Å².